The maximum Gasteiger partial charge on any atom is 0.410 e. The van der Waals surface area contributed by atoms with E-state index in [4.69, 9.17) is 9.47 Å². The average Bonchev–Trinajstić information content (AvgIpc) is 2.36. The summed E-state index contributed by atoms with van der Waals surface area (Å²) in [5, 5.41) is 3.48. The fraction of sp³-hybridized carbons (Fsp3) is 0.941. The molecule has 1 fully saturated rings. The van der Waals surface area contributed by atoms with Crippen LogP contribution in [0, 0.1) is 5.92 Å². The predicted molar refractivity (Wildman–Crippen MR) is 89.1 cm³/mol. The molecule has 0 aromatic heterocycles. The number of nitrogens with one attached hydrogen (secondary N) is 1. The molecule has 1 aliphatic rings. The van der Waals surface area contributed by atoms with Crippen molar-refractivity contribution in [2.45, 2.75) is 65.6 Å². The molecule has 0 spiro atoms. The van der Waals surface area contributed by atoms with E-state index in [0.29, 0.717) is 5.92 Å². The standard InChI is InChI=1S/C17H34N2O3/c1-7-21-17(5,6)13-18-11-14-9-8-10-19(12-14)15(20)22-16(2,3)4/h14,18H,7-13H2,1-6H3. The lowest BCUT2D eigenvalue weighted by molar-refractivity contribution is -0.0105. The zero-order valence-corrected chi connectivity index (χ0v) is 15.2. The Balaban J connectivity index is 2.36. The van der Waals surface area contributed by atoms with Crippen molar-refractivity contribution in [1.29, 1.82) is 0 Å². The van der Waals surface area contributed by atoms with Crippen LogP contribution in [0.2, 0.25) is 0 Å². The van der Waals surface area contributed by atoms with Crippen molar-refractivity contribution in [3.05, 3.63) is 0 Å². The lowest BCUT2D eigenvalue weighted by Crippen LogP contribution is -2.46. The quantitative estimate of drug-likeness (QED) is 0.819. The molecule has 0 radical (unpaired) electrons. The highest BCUT2D eigenvalue weighted by Crippen LogP contribution is 2.19. The van der Waals surface area contributed by atoms with E-state index < -0.39 is 5.60 Å². The minimum atomic E-state index is -0.427. The number of ether oxygens (including phenoxy) is 2. The van der Waals surface area contributed by atoms with Gasteiger partial charge in [-0.15, -0.1) is 0 Å². The SMILES string of the molecule is CCOC(C)(C)CNCC1CCCN(C(=O)OC(C)(C)C)C1. The van der Waals surface area contributed by atoms with Crippen LogP contribution >= 0.6 is 0 Å². The van der Waals surface area contributed by atoms with E-state index in [0.717, 1.165) is 45.6 Å². The van der Waals surface area contributed by atoms with Gasteiger partial charge < -0.3 is 19.7 Å². The fourth-order valence-electron chi connectivity index (χ4n) is 2.74. The maximum absolute atomic E-state index is 12.1. The topological polar surface area (TPSA) is 50.8 Å². The number of carbonyl (C=O) groups is 1. The van der Waals surface area contributed by atoms with Gasteiger partial charge in [0.25, 0.3) is 0 Å². The first-order valence-corrected chi connectivity index (χ1v) is 8.45. The van der Waals surface area contributed by atoms with Crippen LogP contribution in [-0.2, 0) is 9.47 Å². The van der Waals surface area contributed by atoms with E-state index >= 15 is 0 Å². The van der Waals surface area contributed by atoms with Gasteiger partial charge in [-0.05, 0) is 66.8 Å². The van der Waals surface area contributed by atoms with Crippen LogP contribution in [0.3, 0.4) is 0 Å². The predicted octanol–water partition coefficient (Wildman–Crippen LogP) is 3.04. The van der Waals surface area contributed by atoms with Gasteiger partial charge in [0, 0.05) is 26.2 Å². The van der Waals surface area contributed by atoms with Gasteiger partial charge in [-0.25, -0.2) is 4.79 Å². The highest BCUT2D eigenvalue weighted by Gasteiger charge is 2.27. The van der Waals surface area contributed by atoms with Crippen LogP contribution in [0.25, 0.3) is 0 Å². The molecule has 0 aromatic rings. The summed E-state index contributed by atoms with van der Waals surface area (Å²) in [6.45, 7) is 16.0. The van der Waals surface area contributed by atoms with Gasteiger partial charge in [0.15, 0.2) is 0 Å². The highest BCUT2D eigenvalue weighted by atomic mass is 16.6. The Labute approximate surface area is 135 Å². The number of amides is 1. The van der Waals surface area contributed by atoms with Crippen molar-refractivity contribution in [3.63, 3.8) is 0 Å². The number of piperidine rings is 1. The smallest absolute Gasteiger partial charge is 0.410 e. The molecule has 0 bridgehead atoms. The van der Waals surface area contributed by atoms with Crippen molar-refractivity contribution >= 4 is 6.09 Å². The summed E-state index contributed by atoms with van der Waals surface area (Å²) in [6.07, 6.45) is 2.01. The summed E-state index contributed by atoms with van der Waals surface area (Å²) in [4.78, 5) is 14.0. The van der Waals surface area contributed by atoms with Crippen molar-refractivity contribution in [1.82, 2.24) is 10.2 Å². The lowest BCUT2D eigenvalue weighted by atomic mass is 9.98. The Bertz CT molecular complexity index is 350. The van der Waals surface area contributed by atoms with Crippen LogP contribution in [0.5, 0.6) is 0 Å². The minimum Gasteiger partial charge on any atom is -0.444 e. The third-order valence-electron chi connectivity index (χ3n) is 3.69. The van der Waals surface area contributed by atoms with E-state index in [1.807, 2.05) is 32.6 Å². The molecule has 22 heavy (non-hydrogen) atoms. The number of hydrogen-bond acceptors (Lipinski definition) is 4. The van der Waals surface area contributed by atoms with Crippen molar-refractivity contribution in [3.8, 4) is 0 Å². The first-order chi connectivity index (χ1) is 10.1. The van der Waals surface area contributed by atoms with Gasteiger partial charge in [-0.3, -0.25) is 0 Å². The molecule has 1 rings (SSSR count). The average molecular weight is 314 g/mol. The molecule has 1 N–H and O–H groups in total. The van der Waals surface area contributed by atoms with Gasteiger partial charge in [0.05, 0.1) is 5.60 Å². The summed E-state index contributed by atoms with van der Waals surface area (Å²) < 4.78 is 11.1. The molecule has 5 nitrogen and oxygen atoms in total. The summed E-state index contributed by atoms with van der Waals surface area (Å²) >= 11 is 0. The van der Waals surface area contributed by atoms with Crippen molar-refractivity contribution < 1.29 is 14.3 Å². The Morgan fingerprint density at radius 1 is 1.27 bits per heavy atom. The van der Waals surface area contributed by atoms with Crippen LogP contribution in [0.15, 0.2) is 0 Å². The number of carbonyl (C=O) groups excluding carboxylic acids is 1. The maximum atomic E-state index is 12.1. The van der Waals surface area contributed by atoms with E-state index in [9.17, 15) is 4.79 Å². The Morgan fingerprint density at radius 3 is 2.55 bits per heavy atom. The van der Waals surface area contributed by atoms with Crippen molar-refractivity contribution in [2.75, 3.05) is 32.8 Å². The third kappa shape index (κ3) is 7.45. The van der Waals surface area contributed by atoms with Crippen LogP contribution < -0.4 is 5.32 Å². The summed E-state index contributed by atoms with van der Waals surface area (Å²) in [7, 11) is 0. The van der Waals surface area contributed by atoms with E-state index in [-0.39, 0.29) is 11.7 Å². The molecule has 130 valence electrons. The first-order valence-electron chi connectivity index (χ1n) is 8.45. The Hall–Kier alpha value is -0.810. The van der Waals surface area contributed by atoms with Gasteiger partial charge in [0.2, 0.25) is 0 Å². The number of rotatable bonds is 6. The van der Waals surface area contributed by atoms with Crippen LogP contribution in [0.1, 0.15) is 54.4 Å². The summed E-state index contributed by atoms with van der Waals surface area (Å²) in [5.74, 6) is 0.485. The second-order valence-corrected chi connectivity index (χ2v) is 7.76. The lowest BCUT2D eigenvalue weighted by Gasteiger charge is -2.35. The monoisotopic (exact) mass is 314 g/mol. The zero-order valence-electron chi connectivity index (χ0n) is 15.2. The van der Waals surface area contributed by atoms with Gasteiger partial charge >= 0.3 is 6.09 Å². The van der Waals surface area contributed by atoms with Gasteiger partial charge in [0.1, 0.15) is 5.60 Å². The molecule has 0 aliphatic carbocycles. The molecule has 1 heterocycles. The number of hydrogen-bond donors (Lipinski definition) is 1. The molecule has 1 amide bonds. The Kier molecular flexibility index (Phi) is 7.13. The Morgan fingerprint density at radius 2 is 1.95 bits per heavy atom. The summed E-state index contributed by atoms with van der Waals surface area (Å²) in [6, 6.07) is 0. The summed E-state index contributed by atoms with van der Waals surface area (Å²) in [5.41, 5.74) is -0.571. The molecule has 1 atom stereocenters. The molecule has 1 aliphatic heterocycles. The third-order valence-corrected chi connectivity index (χ3v) is 3.69. The number of likely N-dealkylation sites (tertiary alicyclic amines) is 1. The second kappa shape index (κ2) is 8.16. The van der Waals surface area contributed by atoms with Gasteiger partial charge in [-0.2, -0.15) is 0 Å². The number of nitrogens with zero attached hydrogens (tertiary/aromatic N) is 1. The molecule has 1 saturated heterocycles. The van der Waals surface area contributed by atoms with Crippen molar-refractivity contribution in [2.24, 2.45) is 5.92 Å². The fourth-order valence-corrected chi connectivity index (χ4v) is 2.74. The molecular weight excluding hydrogens is 280 g/mol. The molecule has 1 unspecified atom stereocenters. The van der Waals surface area contributed by atoms with E-state index in [1.54, 1.807) is 0 Å². The molecule has 5 heteroatoms. The van der Waals surface area contributed by atoms with E-state index in [2.05, 4.69) is 19.2 Å². The zero-order chi connectivity index (χ0) is 16.8. The van der Waals surface area contributed by atoms with Gasteiger partial charge in [-0.1, -0.05) is 0 Å². The second-order valence-electron chi connectivity index (χ2n) is 7.76. The molecule has 0 saturated carbocycles. The van der Waals surface area contributed by atoms with Crippen LogP contribution in [-0.4, -0.2) is 55.0 Å². The van der Waals surface area contributed by atoms with Crippen LogP contribution in [0.4, 0.5) is 4.79 Å². The molecule has 0 aromatic carbocycles. The largest absolute Gasteiger partial charge is 0.444 e. The first kappa shape index (κ1) is 19.2. The normalized spacial score (nSPS) is 20.1. The molecular formula is C17H34N2O3. The minimum absolute atomic E-state index is 0.145. The van der Waals surface area contributed by atoms with E-state index in [1.165, 1.54) is 0 Å². The highest BCUT2D eigenvalue weighted by molar-refractivity contribution is 5.68.